The van der Waals surface area contributed by atoms with Gasteiger partial charge in [-0.2, -0.15) is 0 Å². The van der Waals surface area contributed by atoms with E-state index in [0.29, 0.717) is 24.5 Å². The van der Waals surface area contributed by atoms with Crippen LogP contribution in [0.4, 0.5) is 0 Å². The summed E-state index contributed by atoms with van der Waals surface area (Å²) in [5.74, 6) is 1.13. The van der Waals surface area contributed by atoms with Crippen LogP contribution >= 0.6 is 0 Å². The average Bonchev–Trinajstić information content (AvgIpc) is 3.33. The second-order valence-electron chi connectivity index (χ2n) is 9.35. The maximum Gasteiger partial charge on any atom is 0.221 e. The van der Waals surface area contributed by atoms with E-state index in [1.807, 2.05) is 54.6 Å². The molecule has 0 saturated heterocycles. The second-order valence-corrected chi connectivity index (χ2v) is 9.35. The van der Waals surface area contributed by atoms with E-state index in [1.165, 1.54) is 5.56 Å². The molecule has 192 valence electrons. The molecule has 0 aliphatic heterocycles. The molecule has 0 aliphatic carbocycles. The normalized spacial score (nSPS) is 11.7. The predicted octanol–water partition coefficient (Wildman–Crippen LogP) is 6.55. The minimum atomic E-state index is -0.174. The van der Waals surface area contributed by atoms with Crippen LogP contribution in [0.15, 0.2) is 109 Å². The van der Waals surface area contributed by atoms with Crippen LogP contribution in [0.5, 0.6) is 11.5 Å². The van der Waals surface area contributed by atoms with Crippen molar-refractivity contribution in [3.8, 4) is 11.5 Å². The van der Waals surface area contributed by atoms with Crippen LogP contribution < -0.4 is 14.8 Å². The van der Waals surface area contributed by atoms with Gasteiger partial charge in [-0.05, 0) is 40.5 Å². The van der Waals surface area contributed by atoms with Crippen molar-refractivity contribution in [3.05, 3.63) is 132 Å². The van der Waals surface area contributed by atoms with Crippen LogP contribution in [0, 0.1) is 0 Å². The van der Waals surface area contributed by atoms with E-state index in [4.69, 9.17) is 9.47 Å². The number of hydrogen-bond donors (Lipinski definition) is 1. The smallest absolute Gasteiger partial charge is 0.221 e. The van der Waals surface area contributed by atoms with Gasteiger partial charge in [-0.15, -0.1) is 0 Å². The average molecular weight is 505 g/mol. The van der Waals surface area contributed by atoms with Crippen molar-refractivity contribution in [2.75, 3.05) is 14.2 Å². The quantitative estimate of drug-likeness (QED) is 0.235. The van der Waals surface area contributed by atoms with E-state index in [1.54, 1.807) is 14.2 Å². The number of rotatable bonds is 10. The topological polar surface area (TPSA) is 52.5 Å². The fourth-order valence-corrected chi connectivity index (χ4v) is 4.99. The first-order chi connectivity index (χ1) is 18.7. The molecule has 1 atom stereocenters. The van der Waals surface area contributed by atoms with Gasteiger partial charge in [-0.25, -0.2) is 0 Å². The van der Waals surface area contributed by atoms with Gasteiger partial charge in [0.05, 0.1) is 14.2 Å². The molecule has 4 aromatic carbocycles. The molecule has 5 rings (SSSR count). The first-order valence-electron chi connectivity index (χ1n) is 12.8. The minimum absolute atomic E-state index is 0.00599. The Bertz CT molecular complexity index is 1510. The third kappa shape index (κ3) is 5.57. The standard InChI is InChI=1S/C33H32N2O3/c1-37-31-18-17-26(19-32(31)38-2)28(20-33(36)34-21-24-11-5-3-6-12-24)29-23-35(22-25-13-7-4-8-14-25)30-16-10-9-15-27(29)30/h3-19,23,28H,20-22H2,1-2H3,(H,34,36). The number of fused-ring (bicyclic) bond motifs is 1. The SMILES string of the molecule is COc1ccc(C(CC(=O)NCc2ccccc2)c2cn(Cc3ccccc3)c3ccccc23)cc1OC. The summed E-state index contributed by atoms with van der Waals surface area (Å²) in [5.41, 5.74) is 5.55. The molecule has 5 aromatic rings. The maximum absolute atomic E-state index is 13.3. The third-order valence-corrected chi connectivity index (χ3v) is 6.92. The summed E-state index contributed by atoms with van der Waals surface area (Å²) < 4.78 is 13.4. The second kappa shape index (κ2) is 11.7. The molecular formula is C33H32N2O3. The number of hydrogen-bond acceptors (Lipinski definition) is 3. The molecule has 38 heavy (non-hydrogen) atoms. The van der Waals surface area contributed by atoms with Crippen LogP contribution in [0.1, 0.15) is 34.6 Å². The van der Waals surface area contributed by atoms with E-state index < -0.39 is 0 Å². The molecule has 1 heterocycles. The number of nitrogens with zero attached hydrogens (tertiary/aromatic N) is 1. The van der Waals surface area contributed by atoms with Crippen molar-refractivity contribution in [1.29, 1.82) is 0 Å². The number of para-hydroxylation sites is 1. The van der Waals surface area contributed by atoms with E-state index in [9.17, 15) is 4.79 Å². The lowest BCUT2D eigenvalue weighted by atomic mass is 9.87. The molecule has 5 nitrogen and oxygen atoms in total. The molecule has 1 unspecified atom stereocenters. The van der Waals surface area contributed by atoms with E-state index in [0.717, 1.165) is 34.1 Å². The summed E-state index contributed by atoms with van der Waals surface area (Å²) in [7, 11) is 3.26. The summed E-state index contributed by atoms with van der Waals surface area (Å²) in [6, 6.07) is 34.7. The van der Waals surface area contributed by atoms with Crippen LogP contribution in [-0.4, -0.2) is 24.7 Å². The zero-order chi connectivity index (χ0) is 26.3. The fourth-order valence-electron chi connectivity index (χ4n) is 4.99. The van der Waals surface area contributed by atoms with Crippen LogP contribution in [0.3, 0.4) is 0 Å². The van der Waals surface area contributed by atoms with Gasteiger partial charge in [0.1, 0.15) is 0 Å². The highest BCUT2D eigenvalue weighted by Crippen LogP contribution is 2.38. The molecule has 0 fully saturated rings. The molecule has 0 bridgehead atoms. The molecule has 1 aromatic heterocycles. The molecule has 0 saturated carbocycles. The van der Waals surface area contributed by atoms with Gasteiger partial charge in [-0.1, -0.05) is 84.9 Å². The number of carbonyl (C=O) groups is 1. The number of amides is 1. The van der Waals surface area contributed by atoms with Crippen LogP contribution in [-0.2, 0) is 17.9 Å². The number of methoxy groups -OCH3 is 2. The first-order valence-corrected chi connectivity index (χ1v) is 12.8. The Balaban J connectivity index is 1.53. The van der Waals surface area contributed by atoms with Crippen molar-refractivity contribution in [2.24, 2.45) is 0 Å². The lowest BCUT2D eigenvalue weighted by Gasteiger charge is -2.19. The highest BCUT2D eigenvalue weighted by Gasteiger charge is 2.24. The van der Waals surface area contributed by atoms with Gasteiger partial charge in [0.25, 0.3) is 0 Å². The summed E-state index contributed by atoms with van der Waals surface area (Å²) >= 11 is 0. The zero-order valence-electron chi connectivity index (χ0n) is 21.8. The Morgan fingerprint density at radius 3 is 2.16 bits per heavy atom. The van der Waals surface area contributed by atoms with E-state index in [2.05, 4.69) is 64.6 Å². The Morgan fingerprint density at radius 1 is 0.789 bits per heavy atom. The Hall–Kier alpha value is -4.51. The Labute approximate surface area is 223 Å². The third-order valence-electron chi connectivity index (χ3n) is 6.92. The molecule has 1 N–H and O–H groups in total. The Kier molecular flexibility index (Phi) is 7.74. The van der Waals surface area contributed by atoms with Crippen molar-refractivity contribution in [2.45, 2.75) is 25.4 Å². The van der Waals surface area contributed by atoms with Crippen molar-refractivity contribution >= 4 is 16.8 Å². The van der Waals surface area contributed by atoms with Gasteiger partial charge < -0.3 is 19.4 Å². The summed E-state index contributed by atoms with van der Waals surface area (Å²) in [5, 5.41) is 4.25. The number of ether oxygens (including phenoxy) is 2. The fraction of sp³-hybridized carbons (Fsp3) is 0.182. The molecular weight excluding hydrogens is 472 g/mol. The minimum Gasteiger partial charge on any atom is -0.493 e. The van der Waals surface area contributed by atoms with Gasteiger partial charge in [0.2, 0.25) is 5.91 Å². The highest BCUT2D eigenvalue weighted by atomic mass is 16.5. The first kappa shape index (κ1) is 25.2. The maximum atomic E-state index is 13.3. The van der Waals surface area contributed by atoms with Gasteiger partial charge >= 0.3 is 0 Å². The predicted molar refractivity (Wildman–Crippen MR) is 152 cm³/mol. The van der Waals surface area contributed by atoms with Crippen molar-refractivity contribution in [1.82, 2.24) is 9.88 Å². The monoisotopic (exact) mass is 504 g/mol. The van der Waals surface area contributed by atoms with Crippen LogP contribution in [0.25, 0.3) is 10.9 Å². The van der Waals surface area contributed by atoms with Crippen molar-refractivity contribution < 1.29 is 14.3 Å². The van der Waals surface area contributed by atoms with Gasteiger partial charge in [0, 0.05) is 42.5 Å². The summed E-state index contributed by atoms with van der Waals surface area (Å²) in [6.45, 7) is 1.24. The van der Waals surface area contributed by atoms with Crippen molar-refractivity contribution in [3.63, 3.8) is 0 Å². The number of aromatic nitrogens is 1. The number of benzene rings is 4. The largest absolute Gasteiger partial charge is 0.493 e. The molecule has 0 aliphatic rings. The molecule has 0 spiro atoms. The van der Waals surface area contributed by atoms with E-state index in [-0.39, 0.29) is 11.8 Å². The molecule has 5 heteroatoms. The lowest BCUT2D eigenvalue weighted by molar-refractivity contribution is -0.121. The molecule has 1 amide bonds. The summed E-state index contributed by atoms with van der Waals surface area (Å²) in [4.78, 5) is 13.3. The zero-order valence-corrected chi connectivity index (χ0v) is 21.8. The van der Waals surface area contributed by atoms with Crippen LogP contribution in [0.2, 0.25) is 0 Å². The van der Waals surface area contributed by atoms with Gasteiger partial charge in [-0.3, -0.25) is 4.79 Å². The molecule has 0 radical (unpaired) electrons. The lowest BCUT2D eigenvalue weighted by Crippen LogP contribution is -2.25. The number of carbonyl (C=O) groups excluding carboxylic acids is 1. The van der Waals surface area contributed by atoms with Gasteiger partial charge in [0.15, 0.2) is 11.5 Å². The van der Waals surface area contributed by atoms with E-state index >= 15 is 0 Å². The highest BCUT2D eigenvalue weighted by molar-refractivity contribution is 5.87. The Morgan fingerprint density at radius 2 is 1.45 bits per heavy atom. The number of nitrogens with one attached hydrogen (secondary N) is 1. The summed E-state index contributed by atoms with van der Waals surface area (Å²) in [6.07, 6.45) is 2.51.